The number of aromatic nitrogens is 2. The van der Waals surface area contributed by atoms with E-state index in [1.807, 2.05) is 6.07 Å². The molecule has 10 heteroatoms. The number of nitro groups is 1. The van der Waals surface area contributed by atoms with E-state index in [9.17, 15) is 28.5 Å². The highest BCUT2D eigenvalue weighted by Crippen LogP contribution is 2.39. The highest BCUT2D eigenvalue weighted by atomic mass is 19.4. The van der Waals surface area contributed by atoms with E-state index in [-0.39, 0.29) is 22.3 Å². The molecule has 1 fully saturated rings. The standard InChI is InChI=1S/C14H12F3N5O2/c15-14(16,17)13-19-10-9(22(23)24)6-8(7-18)12(11(10)20-13)21-4-2-1-3-5-21/h6H,1-5H2,(H,19,20). The minimum absolute atomic E-state index is 0.0338. The van der Waals surface area contributed by atoms with Crippen molar-refractivity contribution in [1.82, 2.24) is 9.97 Å². The summed E-state index contributed by atoms with van der Waals surface area (Å²) < 4.78 is 38.9. The Labute approximate surface area is 133 Å². The highest BCUT2D eigenvalue weighted by Gasteiger charge is 2.37. The number of alkyl halides is 3. The number of non-ortho nitro benzene ring substituents is 1. The van der Waals surface area contributed by atoms with Gasteiger partial charge < -0.3 is 9.88 Å². The molecule has 0 unspecified atom stereocenters. The van der Waals surface area contributed by atoms with Gasteiger partial charge in [-0.15, -0.1) is 0 Å². The molecular formula is C14H12F3N5O2. The van der Waals surface area contributed by atoms with Crippen molar-refractivity contribution in [1.29, 1.82) is 5.26 Å². The van der Waals surface area contributed by atoms with Crippen LogP contribution in [0.4, 0.5) is 24.5 Å². The second kappa shape index (κ2) is 5.67. The van der Waals surface area contributed by atoms with Crippen LogP contribution in [0.15, 0.2) is 6.07 Å². The first-order valence-corrected chi connectivity index (χ1v) is 7.26. The lowest BCUT2D eigenvalue weighted by Crippen LogP contribution is -2.30. The van der Waals surface area contributed by atoms with Crippen LogP contribution in [-0.2, 0) is 6.18 Å². The van der Waals surface area contributed by atoms with Crippen molar-refractivity contribution in [2.24, 2.45) is 0 Å². The van der Waals surface area contributed by atoms with Crippen LogP contribution in [0.25, 0.3) is 11.0 Å². The molecule has 2 heterocycles. The maximum Gasteiger partial charge on any atom is 0.449 e. The van der Waals surface area contributed by atoms with Gasteiger partial charge in [0, 0.05) is 19.2 Å². The summed E-state index contributed by atoms with van der Waals surface area (Å²) in [7, 11) is 0. The van der Waals surface area contributed by atoms with Gasteiger partial charge in [-0.3, -0.25) is 10.1 Å². The van der Waals surface area contributed by atoms with Crippen molar-refractivity contribution in [3.05, 3.63) is 27.6 Å². The number of nitriles is 1. The van der Waals surface area contributed by atoms with E-state index in [0.717, 1.165) is 25.3 Å². The van der Waals surface area contributed by atoms with Gasteiger partial charge in [0.15, 0.2) is 5.52 Å². The van der Waals surface area contributed by atoms with Crippen molar-refractivity contribution >= 4 is 22.4 Å². The van der Waals surface area contributed by atoms with Gasteiger partial charge in [-0.2, -0.15) is 18.4 Å². The van der Waals surface area contributed by atoms with Gasteiger partial charge in [-0.1, -0.05) is 0 Å². The van der Waals surface area contributed by atoms with Crippen molar-refractivity contribution in [2.75, 3.05) is 18.0 Å². The number of fused-ring (bicyclic) bond motifs is 1. The first-order valence-electron chi connectivity index (χ1n) is 7.26. The predicted octanol–water partition coefficient (Wildman–Crippen LogP) is 3.35. The Kier molecular flexibility index (Phi) is 3.79. The Morgan fingerprint density at radius 1 is 1.33 bits per heavy atom. The monoisotopic (exact) mass is 339 g/mol. The molecule has 2 aromatic rings. The van der Waals surface area contributed by atoms with E-state index in [0.29, 0.717) is 13.1 Å². The van der Waals surface area contributed by atoms with Gasteiger partial charge in [0.05, 0.1) is 21.7 Å². The first kappa shape index (κ1) is 16.0. The Hall–Kier alpha value is -2.83. The third kappa shape index (κ3) is 2.62. The second-order valence-corrected chi connectivity index (χ2v) is 5.52. The second-order valence-electron chi connectivity index (χ2n) is 5.52. The van der Waals surface area contributed by atoms with E-state index in [4.69, 9.17) is 0 Å². The molecule has 0 aliphatic carbocycles. The molecule has 0 spiro atoms. The minimum atomic E-state index is -4.77. The first-order chi connectivity index (χ1) is 11.3. The number of hydrogen-bond donors (Lipinski definition) is 1. The normalized spacial score (nSPS) is 15.5. The smallest absolute Gasteiger partial charge is 0.369 e. The fraction of sp³-hybridized carbons (Fsp3) is 0.429. The maximum atomic E-state index is 13.0. The Bertz CT molecular complexity index is 847. The molecule has 0 saturated carbocycles. The zero-order chi connectivity index (χ0) is 17.5. The van der Waals surface area contributed by atoms with Crippen LogP contribution in [0.3, 0.4) is 0 Å². The Morgan fingerprint density at radius 3 is 2.54 bits per heavy atom. The molecule has 1 aliphatic rings. The molecule has 1 aliphatic heterocycles. The zero-order valence-corrected chi connectivity index (χ0v) is 12.4. The van der Waals surface area contributed by atoms with Crippen LogP contribution in [0.2, 0.25) is 0 Å². The molecule has 0 radical (unpaired) electrons. The highest BCUT2D eigenvalue weighted by molar-refractivity contribution is 5.98. The summed E-state index contributed by atoms with van der Waals surface area (Å²) in [6.07, 6.45) is -2.10. The summed E-state index contributed by atoms with van der Waals surface area (Å²) >= 11 is 0. The van der Waals surface area contributed by atoms with Crippen LogP contribution < -0.4 is 4.90 Å². The van der Waals surface area contributed by atoms with Gasteiger partial charge in [0.25, 0.3) is 5.69 Å². The van der Waals surface area contributed by atoms with Gasteiger partial charge in [-0.25, -0.2) is 4.98 Å². The molecule has 0 bridgehead atoms. The molecule has 0 amide bonds. The number of halogens is 3. The fourth-order valence-electron chi connectivity index (χ4n) is 2.94. The Balaban J connectivity index is 2.32. The third-order valence-electron chi connectivity index (χ3n) is 3.98. The molecule has 126 valence electrons. The Morgan fingerprint density at radius 2 is 2.00 bits per heavy atom. The third-order valence-corrected chi connectivity index (χ3v) is 3.98. The van der Waals surface area contributed by atoms with Crippen molar-refractivity contribution in [3.8, 4) is 6.07 Å². The summed E-state index contributed by atoms with van der Waals surface area (Å²) in [6, 6.07) is 2.85. The minimum Gasteiger partial charge on any atom is -0.369 e. The number of rotatable bonds is 2. The summed E-state index contributed by atoms with van der Waals surface area (Å²) in [6.45, 7) is 1.14. The number of aromatic amines is 1. The lowest BCUT2D eigenvalue weighted by molar-refractivity contribution is -0.383. The SMILES string of the molecule is N#Cc1cc([N+](=O)[O-])c2nc(C(F)(F)F)[nH]c2c1N1CCCCC1. The number of nitrogens with zero attached hydrogens (tertiary/aromatic N) is 4. The van der Waals surface area contributed by atoms with E-state index in [2.05, 4.69) is 9.97 Å². The molecule has 1 aromatic heterocycles. The van der Waals surface area contributed by atoms with Gasteiger partial charge >= 0.3 is 6.18 Å². The largest absolute Gasteiger partial charge is 0.449 e. The predicted molar refractivity (Wildman–Crippen MR) is 78.5 cm³/mol. The molecule has 7 nitrogen and oxygen atoms in total. The van der Waals surface area contributed by atoms with E-state index < -0.39 is 22.6 Å². The number of anilines is 1. The average Bonchev–Trinajstić information content (AvgIpc) is 2.98. The lowest BCUT2D eigenvalue weighted by atomic mass is 10.1. The lowest BCUT2D eigenvalue weighted by Gasteiger charge is -2.29. The summed E-state index contributed by atoms with van der Waals surface area (Å²) in [5.41, 5.74) is -0.898. The van der Waals surface area contributed by atoms with Crippen molar-refractivity contribution < 1.29 is 18.1 Å². The number of nitrogens with one attached hydrogen (secondary N) is 1. The molecule has 1 N–H and O–H groups in total. The fourth-order valence-corrected chi connectivity index (χ4v) is 2.94. The number of hydrogen-bond acceptors (Lipinski definition) is 5. The number of benzene rings is 1. The summed E-state index contributed by atoms with van der Waals surface area (Å²) in [5.74, 6) is -1.31. The maximum absolute atomic E-state index is 13.0. The summed E-state index contributed by atoms with van der Waals surface area (Å²) in [4.78, 5) is 17.6. The van der Waals surface area contributed by atoms with Gasteiger partial charge in [0.1, 0.15) is 6.07 Å². The van der Waals surface area contributed by atoms with Crippen molar-refractivity contribution in [2.45, 2.75) is 25.4 Å². The van der Waals surface area contributed by atoms with Gasteiger partial charge in [0.2, 0.25) is 5.82 Å². The van der Waals surface area contributed by atoms with Crippen LogP contribution in [0.5, 0.6) is 0 Å². The van der Waals surface area contributed by atoms with Crippen molar-refractivity contribution in [3.63, 3.8) is 0 Å². The van der Waals surface area contributed by atoms with E-state index in [1.165, 1.54) is 0 Å². The quantitative estimate of drug-likeness (QED) is 0.668. The number of imidazole rings is 1. The van der Waals surface area contributed by atoms with E-state index in [1.54, 1.807) is 4.90 Å². The summed E-state index contributed by atoms with van der Waals surface area (Å²) in [5, 5.41) is 20.5. The van der Waals surface area contributed by atoms with Gasteiger partial charge in [-0.05, 0) is 19.3 Å². The van der Waals surface area contributed by atoms with Crippen LogP contribution in [0.1, 0.15) is 30.7 Å². The molecule has 0 atom stereocenters. The zero-order valence-electron chi connectivity index (χ0n) is 12.4. The number of nitro benzene ring substituents is 1. The molecular weight excluding hydrogens is 327 g/mol. The van der Waals surface area contributed by atoms with Crippen LogP contribution in [-0.4, -0.2) is 28.0 Å². The van der Waals surface area contributed by atoms with Crippen LogP contribution >= 0.6 is 0 Å². The topological polar surface area (TPSA) is 98.8 Å². The molecule has 1 saturated heterocycles. The van der Waals surface area contributed by atoms with Crippen LogP contribution in [0, 0.1) is 21.4 Å². The molecule has 3 rings (SSSR count). The molecule has 24 heavy (non-hydrogen) atoms. The number of piperidine rings is 1. The van der Waals surface area contributed by atoms with E-state index >= 15 is 0 Å². The number of H-pyrrole nitrogens is 1. The molecule has 1 aromatic carbocycles. The average molecular weight is 339 g/mol.